The number of nitrogens with zero attached hydrogens (tertiary/aromatic N) is 3. The zero-order chi connectivity index (χ0) is 24.9. The van der Waals surface area contributed by atoms with Crippen LogP contribution in [0.15, 0.2) is 60.7 Å². The molecule has 9 heteroatoms. The number of primary amides is 1. The molecule has 2 N–H and O–H groups in total. The molecule has 0 aliphatic carbocycles. The molecule has 0 spiro atoms. The lowest BCUT2D eigenvalue weighted by molar-refractivity contribution is -0.137. The van der Waals surface area contributed by atoms with Crippen LogP contribution in [-0.2, 0) is 12.7 Å². The van der Waals surface area contributed by atoms with E-state index in [-0.39, 0.29) is 5.69 Å². The Morgan fingerprint density at radius 1 is 1.00 bits per heavy atom. The highest BCUT2D eigenvalue weighted by Crippen LogP contribution is 2.35. The maximum atomic E-state index is 13.3. The third-order valence-corrected chi connectivity index (χ3v) is 5.14. The summed E-state index contributed by atoms with van der Waals surface area (Å²) < 4.78 is 45.9. The second-order valence-electron chi connectivity index (χ2n) is 8.26. The number of aromatic nitrogens is 1. The van der Waals surface area contributed by atoms with E-state index in [1.165, 1.54) is 12.1 Å². The lowest BCUT2D eigenvalue weighted by atomic mass is 10.1. The number of halogens is 3. The number of ether oxygens (including phenoxy) is 1. The smallest absolute Gasteiger partial charge is 0.416 e. The molecule has 1 heterocycles. The van der Waals surface area contributed by atoms with Gasteiger partial charge in [-0.3, -0.25) is 4.79 Å². The van der Waals surface area contributed by atoms with Gasteiger partial charge in [-0.25, -0.2) is 4.98 Å². The van der Waals surface area contributed by atoms with E-state index in [2.05, 4.69) is 4.98 Å². The number of carbonyl (C=O) groups excluding carboxylic acids is 1. The lowest BCUT2D eigenvalue weighted by Crippen LogP contribution is -2.28. The number of benzene rings is 2. The van der Waals surface area contributed by atoms with Crippen molar-refractivity contribution in [2.24, 2.45) is 5.73 Å². The molecular weight excluding hydrogens is 445 g/mol. The van der Waals surface area contributed by atoms with Gasteiger partial charge in [0.15, 0.2) is 0 Å². The van der Waals surface area contributed by atoms with E-state index < -0.39 is 17.6 Å². The summed E-state index contributed by atoms with van der Waals surface area (Å²) >= 11 is 0. The Morgan fingerprint density at radius 2 is 1.71 bits per heavy atom. The molecule has 6 nitrogen and oxygen atoms in total. The molecule has 3 rings (SSSR count). The summed E-state index contributed by atoms with van der Waals surface area (Å²) in [6, 6.07) is 15.4. The zero-order valence-corrected chi connectivity index (χ0v) is 19.3. The Bertz CT molecular complexity index is 1130. The summed E-state index contributed by atoms with van der Waals surface area (Å²) in [5.41, 5.74) is 6.49. The van der Waals surface area contributed by atoms with Crippen molar-refractivity contribution in [2.75, 3.05) is 34.2 Å². The van der Waals surface area contributed by atoms with Crippen LogP contribution in [0.2, 0.25) is 0 Å². The summed E-state index contributed by atoms with van der Waals surface area (Å²) in [5, 5.41) is 0. The first kappa shape index (κ1) is 25.2. The molecule has 0 unspecified atom stereocenters. The SMILES string of the molecule is CN(C)CCN(C)Cc1cc(C(F)(F)F)ccc1Oc1ccc(-c2cccc(C(N)=O)n2)cc1. The van der Waals surface area contributed by atoms with Gasteiger partial charge < -0.3 is 20.3 Å². The van der Waals surface area contributed by atoms with Crippen LogP contribution in [0.4, 0.5) is 13.2 Å². The second-order valence-corrected chi connectivity index (χ2v) is 8.26. The normalized spacial score (nSPS) is 11.8. The molecule has 1 aromatic heterocycles. The predicted molar refractivity (Wildman–Crippen MR) is 125 cm³/mol. The average Bonchev–Trinajstić information content (AvgIpc) is 2.78. The minimum Gasteiger partial charge on any atom is -0.457 e. The molecule has 34 heavy (non-hydrogen) atoms. The summed E-state index contributed by atoms with van der Waals surface area (Å²) in [7, 11) is 5.74. The van der Waals surface area contributed by atoms with Crippen molar-refractivity contribution in [2.45, 2.75) is 12.7 Å². The van der Waals surface area contributed by atoms with Crippen LogP contribution in [0.3, 0.4) is 0 Å². The summed E-state index contributed by atoms with van der Waals surface area (Å²) in [5.74, 6) is 0.199. The minimum atomic E-state index is -4.44. The van der Waals surface area contributed by atoms with Crippen LogP contribution in [-0.4, -0.2) is 54.9 Å². The van der Waals surface area contributed by atoms with E-state index in [4.69, 9.17) is 10.5 Å². The minimum absolute atomic E-state index is 0.158. The van der Waals surface area contributed by atoms with Crippen molar-refractivity contribution in [3.8, 4) is 22.8 Å². The quantitative estimate of drug-likeness (QED) is 0.491. The first-order valence-electron chi connectivity index (χ1n) is 10.6. The van der Waals surface area contributed by atoms with Crippen LogP contribution in [0.25, 0.3) is 11.3 Å². The first-order valence-corrected chi connectivity index (χ1v) is 10.6. The van der Waals surface area contributed by atoms with Crippen LogP contribution < -0.4 is 10.5 Å². The van der Waals surface area contributed by atoms with E-state index in [0.717, 1.165) is 24.2 Å². The van der Waals surface area contributed by atoms with Crippen LogP contribution in [0.1, 0.15) is 21.6 Å². The fourth-order valence-electron chi connectivity index (χ4n) is 3.27. The highest BCUT2D eigenvalue weighted by Gasteiger charge is 2.31. The molecule has 0 bridgehead atoms. The Labute approximate surface area is 196 Å². The van der Waals surface area contributed by atoms with Crippen molar-refractivity contribution >= 4 is 5.91 Å². The van der Waals surface area contributed by atoms with E-state index in [1.807, 2.05) is 30.9 Å². The molecule has 0 atom stereocenters. The molecule has 3 aromatic rings. The number of carbonyl (C=O) groups is 1. The number of rotatable bonds is 9. The van der Waals surface area contributed by atoms with E-state index in [9.17, 15) is 18.0 Å². The maximum Gasteiger partial charge on any atom is 0.416 e. The monoisotopic (exact) mass is 472 g/mol. The molecule has 1 amide bonds. The van der Waals surface area contributed by atoms with Crippen molar-refractivity contribution in [1.29, 1.82) is 0 Å². The van der Waals surface area contributed by atoms with Gasteiger partial charge in [-0.05, 0) is 75.7 Å². The molecule has 0 saturated heterocycles. The number of hydrogen-bond acceptors (Lipinski definition) is 5. The fraction of sp³-hybridized carbons (Fsp3) is 0.280. The van der Waals surface area contributed by atoms with Gasteiger partial charge in [0.25, 0.3) is 5.91 Å². The summed E-state index contributed by atoms with van der Waals surface area (Å²) in [6.45, 7) is 1.77. The number of pyridine rings is 1. The number of nitrogens with two attached hydrogens (primary N) is 1. The van der Waals surface area contributed by atoms with Crippen molar-refractivity contribution in [1.82, 2.24) is 14.8 Å². The fourth-order valence-corrected chi connectivity index (χ4v) is 3.27. The van der Waals surface area contributed by atoms with Gasteiger partial charge >= 0.3 is 6.18 Å². The molecule has 0 saturated carbocycles. The third kappa shape index (κ3) is 6.79. The van der Waals surface area contributed by atoms with Gasteiger partial charge in [-0.2, -0.15) is 13.2 Å². The standard InChI is InChI=1S/C25H27F3N4O2/c1-31(2)13-14-32(3)16-18-15-19(25(26,27)28)9-12-23(18)34-20-10-7-17(8-11-20)21-5-4-6-22(30-21)24(29)33/h4-12,15H,13-14,16H2,1-3H3,(H2,29,33). The highest BCUT2D eigenvalue weighted by molar-refractivity contribution is 5.91. The second kappa shape index (κ2) is 10.7. The zero-order valence-electron chi connectivity index (χ0n) is 19.3. The third-order valence-electron chi connectivity index (χ3n) is 5.14. The molecule has 0 aliphatic heterocycles. The number of alkyl halides is 3. The van der Waals surface area contributed by atoms with Crippen molar-refractivity contribution in [3.63, 3.8) is 0 Å². The Balaban J connectivity index is 1.83. The van der Waals surface area contributed by atoms with Crippen LogP contribution >= 0.6 is 0 Å². The molecule has 0 aliphatic rings. The molecule has 0 radical (unpaired) electrons. The Morgan fingerprint density at radius 3 is 2.32 bits per heavy atom. The van der Waals surface area contributed by atoms with Crippen LogP contribution in [0.5, 0.6) is 11.5 Å². The Hall–Kier alpha value is -3.43. The Kier molecular flexibility index (Phi) is 7.90. The van der Waals surface area contributed by atoms with Gasteiger partial charge in [-0.15, -0.1) is 0 Å². The topological polar surface area (TPSA) is 71.7 Å². The largest absolute Gasteiger partial charge is 0.457 e. The van der Waals surface area contributed by atoms with Gasteiger partial charge in [-0.1, -0.05) is 6.07 Å². The number of likely N-dealkylation sites (N-methyl/N-ethyl adjacent to an activating group) is 2. The molecule has 0 fully saturated rings. The van der Waals surface area contributed by atoms with E-state index in [1.54, 1.807) is 36.4 Å². The number of hydrogen-bond donors (Lipinski definition) is 1. The average molecular weight is 473 g/mol. The van der Waals surface area contributed by atoms with Gasteiger partial charge in [0, 0.05) is 30.8 Å². The van der Waals surface area contributed by atoms with Gasteiger partial charge in [0.1, 0.15) is 17.2 Å². The first-order chi connectivity index (χ1) is 16.0. The number of amides is 1. The summed E-state index contributed by atoms with van der Waals surface area (Å²) in [4.78, 5) is 19.6. The predicted octanol–water partition coefficient (Wildman–Crippen LogP) is 4.65. The maximum absolute atomic E-state index is 13.3. The van der Waals surface area contributed by atoms with Crippen molar-refractivity contribution in [3.05, 3.63) is 77.5 Å². The van der Waals surface area contributed by atoms with E-state index in [0.29, 0.717) is 35.8 Å². The molecule has 2 aromatic carbocycles. The van der Waals surface area contributed by atoms with Gasteiger partial charge in [0.2, 0.25) is 0 Å². The van der Waals surface area contributed by atoms with Crippen molar-refractivity contribution < 1.29 is 22.7 Å². The molecular formula is C25H27F3N4O2. The van der Waals surface area contributed by atoms with Gasteiger partial charge in [0.05, 0.1) is 11.3 Å². The molecule has 180 valence electrons. The summed E-state index contributed by atoms with van der Waals surface area (Å²) in [6.07, 6.45) is -4.44. The highest BCUT2D eigenvalue weighted by atomic mass is 19.4. The van der Waals surface area contributed by atoms with Crippen LogP contribution in [0, 0.1) is 0 Å². The lowest BCUT2D eigenvalue weighted by Gasteiger charge is -2.22. The van der Waals surface area contributed by atoms with E-state index >= 15 is 0 Å².